The van der Waals surface area contributed by atoms with Gasteiger partial charge in [-0.25, -0.2) is 0 Å². The number of amides is 4. The van der Waals surface area contributed by atoms with Crippen LogP contribution < -0.4 is 20.9 Å². The topological polar surface area (TPSA) is 201 Å². The number of benzene rings is 3. The van der Waals surface area contributed by atoms with E-state index in [4.69, 9.17) is 42.9 Å². The van der Waals surface area contributed by atoms with Crippen LogP contribution in [-0.2, 0) is 49.1 Å². The van der Waals surface area contributed by atoms with Gasteiger partial charge in [0.15, 0.2) is 0 Å². The first-order valence-corrected chi connectivity index (χ1v) is 28.2. The molecule has 2 atom stereocenters. The summed E-state index contributed by atoms with van der Waals surface area (Å²) in [6.45, 7) is 11.1. The molecule has 0 radical (unpaired) electrons. The number of hydrogen-bond acceptors (Lipinski definition) is 15. The van der Waals surface area contributed by atoms with Crippen LogP contribution in [0.15, 0.2) is 85.1 Å². The normalized spacial score (nSPS) is 16.4. The first kappa shape index (κ1) is 60.8. The second-order valence-corrected chi connectivity index (χ2v) is 19.9. The average molecular weight is 1090 g/mol. The zero-order valence-electron chi connectivity index (χ0n) is 46.4. The number of ether oxygens (including phenoxy) is 8. The second-order valence-electron chi connectivity index (χ2n) is 19.9. The van der Waals surface area contributed by atoms with Gasteiger partial charge in [-0.3, -0.25) is 29.1 Å². The van der Waals surface area contributed by atoms with Crippen molar-refractivity contribution >= 4 is 35.0 Å². The maximum Gasteiger partial charge on any atom is 0.255 e. The Bertz CT molecular complexity index is 2490. The van der Waals surface area contributed by atoms with E-state index in [2.05, 4.69) is 37.9 Å². The fourth-order valence-electron chi connectivity index (χ4n) is 9.97. The predicted octanol–water partition coefficient (Wildman–Crippen LogP) is 6.21. The van der Waals surface area contributed by atoms with Crippen molar-refractivity contribution in [2.75, 3.05) is 163 Å². The summed E-state index contributed by atoms with van der Waals surface area (Å²) >= 11 is 0. The van der Waals surface area contributed by atoms with E-state index in [-0.39, 0.29) is 35.7 Å². The van der Waals surface area contributed by atoms with Gasteiger partial charge in [-0.15, -0.1) is 0 Å². The number of nitrogens with zero attached hydrogens (tertiary/aromatic N) is 4. The molecular formula is C60H83N7O12. The lowest BCUT2D eigenvalue weighted by molar-refractivity contribution is -0.125. The lowest BCUT2D eigenvalue weighted by atomic mass is 9.87. The number of rotatable bonds is 35. The van der Waals surface area contributed by atoms with Crippen LogP contribution in [0.3, 0.4) is 0 Å². The average Bonchev–Trinajstić information content (AvgIpc) is 4.02. The maximum atomic E-state index is 14.1. The molecule has 79 heavy (non-hydrogen) atoms. The molecule has 19 heteroatoms. The third-order valence-corrected chi connectivity index (χ3v) is 14.3. The number of nitrogens with one attached hydrogen (secondary N) is 3. The van der Waals surface area contributed by atoms with Gasteiger partial charge in [-0.2, -0.15) is 0 Å². The molecule has 1 unspecified atom stereocenters. The number of hydrogen-bond donors (Lipinski definition) is 3. The summed E-state index contributed by atoms with van der Waals surface area (Å²) in [6, 6.07) is 24.1. The number of piperidine rings is 1. The molecule has 0 bridgehead atoms. The van der Waals surface area contributed by atoms with Gasteiger partial charge in [0.1, 0.15) is 0 Å². The highest BCUT2D eigenvalue weighted by Crippen LogP contribution is 2.34. The minimum absolute atomic E-state index is 0.0563. The van der Waals surface area contributed by atoms with Crippen molar-refractivity contribution in [1.29, 1.82) is 0 Å². The van der Waals surface area contributed by atoms with Crippen LogP contribution in [-0.4, -0.2) is 197 Å². The number of likely N-dealkylation sites (N-methyl/N-ethyl adjacent to an activating group) is 1. The van der Waals surface area contributed by atoms with Gasteiger partial charge in [-0.1, -0.05) is 30.3 Å². The maximum absolute atomic E-state index is 14.1. The fraction of sp³-hybridized carbons (Fsp3) is 0.550. The quantitative estimate of drug-likeness (QED) is 0.0439. The van der Waals surface area contributed by atoms with Gasteiger partial charge in [0.05, 0.1) is 123 Å². The van der Waals surface area contributed by atoms with Gasteiger partial charge in [0.2, 0.25) is 5.91 Å². The molecule has 1 aromatic heterocycles. The van der Waals surface area contributed by atoms with Gasteiger partial charge >= 0.3 is 0 Å². The number of fused-ring (bicyclic) bond motifs is 1. The number of pyridine rings is 1. The van der Waals surface area contributed by atoms with Crippen LogP contribution in [0, 0.1) is 0 Å². The molecule has 2 aliphatic heterocycles. The Morgan fingerprint density at radius 3 is 1.94 bits per heavy atom. The highest BCUT2D eigenvalue weighted by atomic mass is 16.6. The molecule has 4 amide bonds. The number of likely N-dealkylation sites (tertiary alicyclic amines) is 1. The van der Waals surface area contributed by atoms with Crippen molar-refractivity contribution in [3.05, 3.63) is 113 Å². The Hall–Kier alpha value is -5.87. The van der Waals surface area contributed by atoms with E-state index < -0.39 is 0 Å². The van der Waals surface area contributed by atoms with Crippen molar-refractivity contribution in [3.63, 3.8) is 0 Å². The molecular weight excluding hydrogens is 1010 g/mol. The lowest BCUT2D eigenvalue weighted by Crippen LogP contribution is -2.46. The third kappa shape index (κ3) is 20.0. The van der Waals surface area contributed by atoms with E-state index in [1.807, 2.05) is 30.3 Å². The molecule has 430 valence electrons. The summed E-state index contributed by atoms with van der Waals surface area (Å²) < 4.78 is 43.5. The zero-order valence-corrected chi connectivity index (χ0v) is 46.4. The summed E-state index contributed by atoms with van der Waals surface area (Å²) in [6.07, 6.45) is 9.53. The Kier molecular flexibility index (Phi) is 26.4. The van der Waals surface area contributed by atoms with Gasteiger partial charge in [-0.05, 0) is 118 Å². The molecule has 0 saturated carbocycles. The van der Waals surface area contributed by atoms with Crippen LogP contribution in [0.5, 0.6) is 0 Å². The molecule has 3 aliphatic rings. The van der Waals surface area contributed by atoms with E-state index in [0.717, 1.165) is 75.8 Å². The van der Waals surface area contributed by atoms with E-state index in [9.17, 15) is 19.2 Å². The van der Waals surface area contributed by atoms with E-state index in [1.165, 1.54) is 12.0 Å². The third-order valence-electron chi connectivity index (χ3n) is 14.3. The molecule has 19 nitrogen and oxygen atoms in total. The summed E-state index contributed by atoms with van der Waals surface area (Å²) in [5, 5.41) is 9.38. The van der Waals surface area contributed by atoms with Crippen molar-refractivity contribution in [3.8, 4) is 11.3 Å². The monoisotopic (exact) mass is 1090 g/mol. The van der Waals surface area contributed by atoms with Crippen LogP contribution in [0.25, 0.3) is 11.3 Å². The molecule has 2 saturated heterocycles. The summed E-state index contributed by atoms with van der Waals surface area (Å²) in [7, 11) is 3.37. The van der Waals surface area contributed by atoms with Gasteiger partial charge in [0.25, 0.3) is 17.7 Å². The van der Waals surface area contributed by atoms with Gasteiger partial charge in [0, 0.05) is 81.0 Å². The van der Waals surface area contributed by atoms with Crippen LogP contribution in [0.1, 0.15) is 93.2 Å². The largest absolute Gasteiger partial charge is 0.382 e. The Labute approximate surface area is 466 Å². The first-order chi connectivity index (χ1) is 38.8. The summed E-state index contributed by atoms with van der Waals surface area (Å²) in [4.78, 5) is 65.8. The predicted molar refractivity (Wildman–Crippen MR) is 302 cm³/mol. The number of aryl methyl sites for hydroxylation is 1. The molecule has 3 N–H and O–H groups in total. The van der Waals surface area contributed by atoms with Crippen molar-refractivity contribution in [2.24, 2.45) is 0 Å². The Morgan fingerprint density at radius 2 is 1.25 bits per heavy atom. The smallest absolute Gasteiger partial charge is 0.255 e. The highest BCUT2D eigenvalue weighted by molar-refractivity contribution is 6.08. The van der Waals surface area contributed by atoms with E-state index >= 15 is 0 Å². The molecule has 3 aromatic carbocycles. The van der Waals surface area contributed by atoms with Crippen molar-refractivity contribution in [2.45, 2.75) is 63.5 Å². The Balaban J connectivity index is 0.795. The Morgan fingerprint density at radius 1 is 0.620 bits per heavy atom. The SMILES string of the molecule is COCCOCCOCCOCCOCCOCCOCCOCCNC(=O)[C@@H]1CCCN1CCN(C)C(=O)c1cccc(C(=O)Nc2ccc(N3CCCCC3)cc2-c2cc(C(=O)NC3CCCc4ccccc43)ccn2)c1. The molecule has 2 fully saturated rings. The number of methoxy groups -OCH3 is 1. The van der Waals surface area contributed by atoms with Crippen LogP contribution in [0.4, 0.5) is 11.4 Å². The zero-order chi connectivity index (χ0) is 55.3. The van der Waals surface area contributed by atoms with Crippen LogP contribution in [0.2, 0.25) is 0 Å². The van der Waals surface area contributed by atoms with Crippen LogP contribution >= 0.6 is 0 Å². The molecule has 1 aliphatic carbocycles. The number of carbonyl (C=O) groups is 4. The van der Waals surface area contributed by atoms with E-state index in [0.29, 0.717) is 152 Å². The molecule has 7 rings (SSSR count). The standard InChI is InChI=1S/C60H83N7O12/c1-65(26-27-67-25-10-17-56(67)59(70)62-22-28-73-31-32-75-35-36-77-39-40-79-42-41-78-38-37-76-34-33-74-30-29-72-2)60(71)49-14-8-13-47(43-49)57(68)64-54-19-18-50(66-23-6-3-7-24-66)45-52(54)55-44-48(20-21-61-55)58(69)63-53-16-9-12-46-11-4-5-15-51(46)53/h4-5,8,11,13-15,18-21,43-45,53,56H,3,6-7,9-10,12,16-17,22-42H2,1-2H3,(H,62,70)(H,63,69)(H,64,68)/t53?,56-/m0/s1. The molecule has 0 spiro atoms. The first-order valence-electron chi connectivity index (χ1n) is 28.2. The van der Waals surface area contributed by atoms with E-state index in [1.54, 1.807) is 61.7 Å². The summed E-state index contributed by atoms with van der Waals surface area (Å²) in [5.74, 6) is -0.849. The highest BCUT2D eigenvalue weighted by Gasteiger charge is 2.31. The minimum atomic E-state index is -0.382. The lowest BCUT2D eigenvalue weighted by Gasteiger charge is -2.29. The molecule has 3 heterocycles. The van der Waals surface area contributed by atoms with Crippen molar-refractivity contribution < 1.29 is 57.1 Å². The number of aromatic nitrogens is 1. The second kappa shape index (κ2) is 34.3. The fourth-order valence-corrected chi connectivity index (χ4v) is 9.97. The summed E-state index contributed by atoms with van der Waals surface area (Å²) in [5.41, 5.74) is 6.43. The molecule has 4 aromatic rings. The number of carbonyl (C=O) groups excluding carboxylic acids is 4. The number of anilines is 2. The van der Waals surface area contributed by atoms with Crippen molar-refractivity contribution in [1.82, 2.24) is 25.4 Å². The van der Waals surface area contributed by atoms with Gasteiger partial charge < -0.3 is 63.6 Å². The minimum Gasteiger partial charge on any atom is -0.382 e.